The van der Waals surface area contributed by atoms with E-state index in [4.69, 9.17) is 14.6 Å². The maximum absolute atomic E-state index is 11.9. The molecule has 0 aromatic heterocycles. The fourth-order valence-electron chi connectivity index (χ4n) is 2.29. The molecule has 0 aliphatic carbocycles. The Morgan fingerprint density at radius 1 is 1.23 bits per heavy atom. The topological polar surface area (TPSA) is 84.9 Å². The maximum atomic E-state index is 11.9. The molecule has 0 bridgehead atoms. The molecule has 2 N–H and O–H groups in total. The summed E-state index contributed by atoms with van der Waals surface area (Å²) in [6.45, 7) is 4.24. The number of methoxy groups -OCH3 is 1. The fraction of sp³-hybridized carbons (Fsp3) is 0.500. The van der Waals surface area contributed by atoms with Crippen molar-refractivity contribution in [1.29, 1.82) is 0 Å². The van der Waals surface area contributed by atoms with Crippen LogP contribution in [0.2, 0.25) is 0 Å². The van der Waals surface area contributed by atoms with Crippen LogP contribution in [0.4, 0.5) is 0 Å². The van der Waals surface area contributed by atoms with Gasteiger partial charge < -0.3 is 19.9 Å². The summed E-state index contributed by atoms with van der Waals surface area (Å²) in [4.78, 5) is 22.5. The van der Waals surface area contributed by atoms with Crippen LogP contribution < -0.4 is 14.8 Å². The molecule has 144 valence electrons. The summed E-state index contributed by atoms with van der Waals surface area (Å²) in [7, 11) is 1.49. The van der Waals surface area contributed by atoms with Crippen molar-refractivity contribution in [3.8, 4) is 11.5 Å². The van der Waals surface area contributed by atoms with Crippen molar-refractivity contribution in [1.82, 2.24) is 5.32 Å². The number of carbonyl (C=O) groups is 2. The molecule has 0 heterocycles. The minimum atomic E-state index is -1.05. The van der Waals surface area contributed by atoms with Gasteiger partial charge in [-0.2, -0.15) is 0 Å². The van der Waals surface area contributed by atoms with Gasteiger partial charge in [0, 0.05) is 13.0 Å². The molecule has 1 aromatic rings. The van der Waals surface area contributed by atoms with E-state index in [2.05, 4.69) is 31.3 Å². The van der Waals surface area contributed by atoms with E-state index >= 15 is 0 Å². The van der Waals surface area contributed by atoms with E-state index in [1.54, 1.807) is 18.2 Å². The molecular weight excluding hydrogens is 334 g/mol. The zero-order chi connectivity index (χ0) is 19.4. The quantitative estimate of drug-likeness (QED) is 0.438. The van der Waals surface area contributed by atoms with Gasteiger partial charge in [0.05, 0.1) is 7.11 Å². The minimum Gasteiger partial charge on any atom is -0.493 e. The number of carbonyl (C=O) groups excluding carboxylic acids is 1. The van der Waals surface area contributed by atoms with Crippen LogP contribution in [0, 0.1) is 5.92 Å². The molecule has 0 saturated carbocycles. The summed E-state index contributed by atoms with van der Waals surface area (Å²) in [5.41, 5.74) is 0.859. The highest BCUT2D eigenvalue weighted by Gasteiger charge is 2.08. The number of carboxylic acid groups (broad SMARTS) is 1. The molecule has 0 atom stereocenters. The standard InChI is InChI=1S/C20H29NO5/c1-15(2)8-6-4-5-7-9-19(22)21-13-16-10-11-17(18(12-16)25-3)26-14-20(23)24/h6,8,10-12,15H,4-5,7,9,13-14H2,1-3H3,(H,21,22)(H,23,24). The Morgan fingerprint density at radius 2 is 2.00 bits per heavy atom. The molecular formula is C20H29NO5. The third-order valence-electron chi connectivity index (χ3n) is 3.61. The van der Waals surface area contributed by atoms with Crippen LogP contribution in [0.1, 0.15) is 45.1 Å². The second-order valence-electron chi connectivity index (χ2n) is 6.36. The Balaban J connectivity index is 2.37. The predicted molar refractivity (Wildman–Crippen MR) is 100 cm³/mol. The van der Waals surface area contributed by atoms with Crippen LogP contribution >= 0.6 is 0 Å². The zero-order valence-electron chi connectivity index (χ0n) is 15.8. The number of rotatable bonds is 12. The largest absolute Gasteiger partial charge is 0.493 e. The summed E-state index contributed by atoms with van der Waals surface area (Å²) >= 11 is 0. The number of benzene rings is 1. The van der Waals surface area contributed by atoms with Crippen LogP contribution in [-0.2, 0) is 16.1 Å². The average molecular weight is 363 g/mol. The predicted octanol–water partition coefficient (Wildman–Crippen LogP) is 3.55. The third-order valence-corrected chi connectivity index (χ3v) is 3.61. The van der Waals surface area contributed by atoms with Crippen molar-refractivity contribution in [2.24, 2.45) is 5.92 Å². The van der Waals surface area contributed by atoms with Crippen LogP contribution in [0.5, 0.6) is 11.5 Å². The van der Waals surface area contributed by atoms with Crippen LogP contribution in [0.3, 0.4) is 0 Å². The average Bonchev–Trinajstić information content (AvgIpc) is 2.60. The van der Waals surface area contributed by atoms with Crippen molar-refractivity contribution in [2.45, 2.75) is 46.1 Å². The Bertz CT molecular complexity index is 610. The Kier molecular flexibility index (Phi) is 9.90. The molecule has 0 unspecified atom stereocenters. The molecule has 0 spiro atoms. The minimum absolute atomic E-state index is 0.0167. The first-order chi connectivity index (χ1) is 12.4. The number of carboxylic acids is 1. The molecule has 0 fully saturated rings. The number of nitrogens with one attached hydrogen (secondary N) is 1. The van der Waals surface area contributed by atoms with Gasteiger partial charge in [-0.05, 0) is 42.9 Å². The van der Waals surface area contributed by atoms with Gasteiger partial charge in [-0.15, -0.1) is 0 Å². The monoisotopic (exact) mass is 363 g/mol. The van der Waals surface area contributed by atoms with Crippen molar-refractivity contribution in [3.05, 3.63) is 35.9 Å². The van der Waals surface area contributed by atoms with Gasteiger partial charge in [0.25, 0.3) is 0 Å². The summed E-state index contributed by atoms with van der Waals surface area (Å²) in [5.74, 6) is 0.330. The molecule has 26 heavy (non-hydrogen) atoms. The van der Waals surface area contributed by atoms with Crippen LogP contribution in [-0.4, -0.2) is 30.7 Å². The zero-order valence-corrected chi connectivity index (χ0v) is 15.8. The van der Waals surface area contributed by atoms with E-state index in [0.29, 0.717) is 30.4 Å². The highest BCUT2D eigenvalue weighted by Crippen LogP contribution is 2.28. The molecule has 0 saturated heterocycles. The highest BCUT2D eigenvalue weighted by atomic mass is 16.5. The second kappa shape index (κ2) is 12.0. The molecule has 1 rings (SSSR count). The maximum Gasteiger partial charge on any atom is 0.341 e. The van der Waals surface area contributed by atoms with E-state index in [9.17, 15) is 9.59 Å². The number of amides is 1. The molecule has 0 aliphatic rings. The normalized spacial score (nSPS) is 10.9. The van der Waals surface area contributed by atoms with Gasteiger partial charge in [0.1, 0.15) is 0 Å². The van der Waals surface area contributed by atoms with Gasteiger partial charge in [-0.25, -0.2) is 4.79 Å². The first-order valence-electron chi connectivity index (χ1n) is 8.87. The van der Waals surface area contributed by atoms with Gasteiger partial charge in [0.2, 0.25) is 5.91 Å². The highest BCUT2D eigenvalue weighted by molar-refractivity contribution is 5.75. The molecule has 6 nitrogen and oxygen atoms in total. The molecule has 0 radical (unpaired) electrons. The second-order valence-corrected chi connectivity index (χ2v) is 6.36. The van der Waals surface area contributed by atoms with E-state index in [1.165, 1.54) is 7.11 Å². The molecule has 1 aromatic carbocycles. The van der Waals surface area contributed by atoms with Gasteiger partial charge >= 0.3 is 5.97 Å². The van der Waals surface area contributed by atoms with E-state index in [-0.39, 0.29) is 5.91 Å². The Morgan fingerprint density at radius 3 is 2.65 bits per heavy atom. The first kappa shape index (κ1) is 21.5. The summed E-state index contributed by atoms with van der Waals surface area (Å²) in [6.07, 6.45) is 7.71. The lowest BCUT2D eigenvalue weighted by Gasteiger charge is -2.11. The van der Waals surface area contributed by atoms with Crippen molar-refractivity contribution >= 4 is 11.9 Å². The lowest BCUT2D eigenvalue weighted by Crippen LogP contribution is -2.22. The molecule has 6 heteroatoms. The lowest BCUT2D eigenvalue weighted by atomic mass is 10.1. The summed E-state index contributed by atoms with van der Waals surface area (Å²) < 4.78 is 10.4. The lowest BCUT2D eigenvalue weighted by molar-refractivity contribution is -0.139. The van der Waals surface area contributed by atoms with E-state index in [0.717, 1.165) is 24.8 Å². The molecule has 0 aliphatic heterocycles. The fourth-order valence-corrected chi connectivity index (χ4v) is 2.29. The number of hydrogen-bond acceptors (Lipinski definition) is 4. The van der Waals surface area contributed by atoms with Crippen LogP contribution in [0.15, 0.2) is 30.4 Å². The molecule has 1 amide bonds. The number of allylic oxidation sites excluding steroid dienone is 2. The third kappa shape index (κ3) is 9.11. The number of unbranched alkanes of at least 4 members (excludes halogenated alkanes) is 2. The van der Waals surface area contributed by atoms with Crippen molar-refractivity contribution < 1.29 is 24.2 Å². The summed E-state index contributed by atoms with van der Waals surface area (Å²) in [6, 6.07) is 5.15. The Hall–Kier alpha value is -2.50. The van der Waals surface area contributed by atoms with Crippen molar-refractivity contribution in [3.63, 3.8) is 0 Å². The summed E-state index contributed by atoms with van der Waals surface area (Å²) in [5, 5.41) is 11.5. The first-order valence-corrected chi connectivity index (χ1v) is 8.87. The van der Waals surface area contributed by atoms with Crippen LogP contribution in [0.25, 0.3) is 0 Å². The van der Waals surface area contributed by atoms with E-state index < -0.39 is 12.6 Å². The number of aliphatic carboxylic acids is 1. The van der Waals surface area contributed by atoms with Gasteiger partial charge in [-0.1, -0.05) is 32.1 Å². The van der Waals surface area contributed by atoms with E-state index in [1.807, 2.05) is 0 Å². The Labute approximate surface area is 155 Å². The SMILES string of the molecule is COc1cc(CNC(=O)CCCCC=CC(C)C)ccc1OCC(=O)O. The number of ether oxygens (including phenoxy) is 2. The van der Waals surface area contributed by atoms with Crippen molar-refractivity contribution in [2.75, 3.05) is 13.7 Å². The van der Waals surface area contributed by atoms with Gasteiger partial charge in [0.15, 0.2) is 18.1 Å². The number of hydrogen-bond donors (Lipinski definition) is 2. The smallest absolute Gasteiger partial charge is 0.341 e. The van der Waals surface area contributed by atoms with Gasteiger partial charge in [-0.3, -0.25) is 4.79 Å².